The van der Waals surface area contributed by atoms with Crippen molar-refractivity contribution in [2.75, 3.05) is 5.75 Å². The molecule has 0 aliphatic heterocycles. The van der Waals surface area contributed by atoms with Crippen molar-refractivity contribution in [1.82, 2.24) is 15.4 Å². The van der Waals surface area contributed by atoms with Crippen LogP contribution in [0.3, 0.4) is 0 Å². The number of aryl methyl sites for hydroxylation is 2. The summed E-state index contributed by atoms with van der Waals surface area (Å²) in [5, 5.41) is 14.3. The molecule has 6 nitrogen and oxygen atoms in total. The van der Waals surface area contributed by atoms with E-state index in [1.165, 1.54) is 18.0 Å². The average molecular weight is 474 g/mol. The number of nitrogens with one attached hydrogen (secondary N) is 1. The molecule has 0 saturated heterocycles. The molecule has 2 rings (SSSR count). The summed E-state index contributed by atoms with van der Waals surface area (Å²) in [6.45, 7) is 3.76. The van der Waals surface area contributed by atoms with E-state index in [1.807, 2.05) is 19.9 Å². The van der Waals surface area contributed by atoms with E-state index in [0.717, 1.165) is 15.9 Å². The number of rotatable bonds is 5. The molecule has 1 aromatic carbocycles. The van der Waals surface area contributed by atoms with Crippen LogP contribution in [0.1, 0.15) is 17.0 Å². The van der Waals surface area contributed by atoms with Gasteiger partial charge in [0.15, 0.2) is 5.16 Å². The minimum atomic E-state index is -0.285. The summed E-state index contributed by atoms with van der Waals surface area (Å²) >= 11 is 7.80. The predicted octanol–water partition coefficient (Wildman–Crippen LogP) is 3.57. The first kappa shape index (κ1) is 18.9. The zero-order chi connectivity index (χ0) is 17.7. The second kappa shape index (κ2) is 8.59. The number of aromatic hydroxyl groups is 1. The SMILES string of the molecule is Cc1cc(C)nc(SCC(=O)N/N=C\c2cc(Br)cc(Br)c2O)n1. The van der Waals surface area contributed by atoms with E-state index in [1.54, 1.807) is 12.1 Å². The van der Waals surface area contributed by atoms with Gasteiger partial charge in [-0.3, -0.25) is 4.79 Å². The molecule has 0 aliphatic rings. The van der Waals surface area contributed by atoms with Crippen LogP contribution in [0, 0.1) is 13.8 Å². The Hall–Kier alpha value is -1.45. The van der Waals surface area contributed by atoms with Crippen molar-refractivity contribution >= 4 is 55.7 Å². The van der Waals surface area contributed by atoms with Gasteiger partial charge in [-0.2, -0.15) is 5.10 Å². The monoisotopic (exact) mass is 472 g/mol. The quantitative estimate of drug-likeness (QED) is 0.300. The molecule has 9 heteroatoms. The van der Waals surface area contributed by atoms with E-state index in [0.29, 0.717) is 15.2 Å². The number of hydrogen-bond donors (Lipinski definition) is 2. The number of halogens is 2. The number of carbonyl (C=O) groups excluding carboxylic acids is 1. The molecule has 1 aromatic heterocycles. The van der Waals surface area contributed by atoms with Crippen molar-refractivity contribution in [3.63, 3.8) is 0 Å². The van der Waals surface area contributed by atoms with Gasteiger partial charge in [0.25, 0.3) is 5.91 Å². The van der Waals surface area contributed by atoms with Gasteiger partial charge < -0.3 is 5.11 Å². The van der Waals surface area contributed by atoms with E-state index in [9.17, 15) is 9.90 Å². The van der Waals surface area contributed by atoms with E-state index in [4.69, 9.17) is 0 Å². The van der Waals surface area contributed by atoms with Gasteiger partial charge >= 0.3 is 0 Å². The van der Waals surface area contributed by atoms with Gasteiger partial charge in [0.05, 0.1) is 16.4 Å². The van der Waals surface area contributed by atoms with E-state index in [2.05, 4.69) is 52.4 Å². The fourth-order valence-electron chi connectivity index (χ4n) is 1.78. The van der Waals surface area contributed by atoms with E-state index >= 15 is 0 Å². The molecule has 0 spiro atoms. The highest BCUT2D eigenvalue weighted by atomic mass is 79.9. The number of carbonyl (C=O) groups is 1. The maximum Gasteiger partial charge on any atom is 0.250 e. The third-order valence-electron chi connectivity index (χ3n) is 2.74. The van der Waals surface area contributed by atoms with Crippen LogP contribution >= 0.6 is 43.6 Å². The zero-order valence-electron chi connectivity index (χ0n) is 12.9. The van der Waals surface area contributed by atoms with Crippen molar-refractivity contribution in [3.8, 4) is 5.75 Å². The summed E-state index contributed by atoms with van der Waals surface area (Å²) in [6.07, 6.45) is 1.38. The van der Waals surface area contributed by atoms with E-state index < -0.39 is 0 Å². The minimum Gasteiger partial charge on any atom is -0.506 e. The van der Waals surface area contributed by atoms with Crippen LogP contribution in [0.5, 0.6) is 5.75 Å². The highest BCUT2D eigenvalue weighted by Gasteiger charge is 2.07. The highest BCUT2D eigenvalue weighted by Crippen LogP contribution is 2.30. The second-order valence-corrected chi connectivity index (χ2v) is 7.55. The van der Waals surface area contributed by atoms with Crippen LogP contribution in [0.25, 0.3) is 0 Å². The number of amides is 1. The lowest BCUT2D eigenvalue weighted by atomic mass is 10.2. The number of thioether (sulfide) groups is 1. The minimum absolute atomic E-state index is 0.0502. The Balaban J connectivity index is 1.91. The zero-order valence-corrected chi connectivity index (χ0v) is 16.9. The Morgan fingerprint density at radius 2 is 1.96 bits per heavy atom. The first-order chi connectivity index (χ1) is 11.3. The molecule has 0 fully saturated rings. The fourth-order valence-corrected chi connectivity index (χ4v) is 3.78. The molecule has 126 valence electrons. The lowest BCUT2D eigenvalue weighted by Crippen LogP contribution is -2.19. The molecular weight excluding hydrogens is 460 g/mol. The lowest BCUT2D eigenvalue weighted by Gasteiger charge is -2.04. The number of nitrogens with zero attached hydrogens (tertiary/aromatic N) is 3. The van der Waals surface area contributed by atoms with Crippen LogP contribution in [0.2, 0.25) is 0 Å². The molecular formula is C15H14Br2N4O2S. The molecule has 0 unspecified atom stereocenters. The first-order valence-electron chi connectivity index (χ1n) is 6.80. The molecule has 0 radical (unpaired) electrons. The number of phenols is 1. The summed E-state index contributed by atoms with van der Waals surface area (Å²) in [5.74, 6) is -0.0873. The summed E-state index contributed by atoms with van der Waals surface area (Å²) in [5.41, 5.74) is 4.60. The maximum atomic E-state index is 11.8. The number of hydrogen-bond acceptors (Lipinski definition) is 6. The van der Waals surface area contributed by atoms with Crippen molar-refractivity contribution in [2.24, 2.45) is 5.10 Å². The smallest absolute Gasteiger partial charge is 0.250 e. The Labute approximate surface area is 160 Å². The molecule has 0 bridgehead atoms. The third kappa shape index (κ3) is 5.57. The topological polar surface area (TPSA) is 87.5 Å². The summed E-state index contributed by atoms with van der Waals surface area (Å²) in [7, 11) is 0. The lowest BCUT2D eigenvalue weighted by molar-refractivity contribution is -0.118. The number of phenolic OH excluding ortho intramolecular Hbond substituents is 1. The van der Waals surface area contributed by atoms with Gasteiger partial charge in [0.1, 0.15) is 5.75 Å². The second-order valence-electron chi connectivity index (χ2n) is 4.84. The Bertz CT molecular complexity index is 779. The fraction of sp³-hybridized carbons (Fsp3) is 0.200. The molecule has 0 saturated carbocycles. The molecule has 0 aliphatic carbocycles. The Morgan fingerprint density at radius 1 is 1.29 bits per heavy atom. The van der Waals surface area contributed by atoms with Gasteiger partial charge in [0.2, 0.25) is 0 Å². The van der Waals surface area contributed by atoms with Crippen LogP contribution < -0.4 is 5.43 Å². The molecule has 0 atom stereocenters. The molecule has 2 aromatic rings. The van der Waals surface area contributed by atoms with Gasteiger partial charge in [-0.1, -0.05) is 27.7 Å². The van der Waals surface area contributed by atoms with Crippen LogP contribution in [-0.2, 0) is 4.79 Å². The molecule has 2 N–H and O–H groups in total. The molecule has 1 heterocycles. The first-order valence-corrected chi connectivity index (χ1v) is 9.37. The maximum absolute atomic E-state index is 11.8. The normalized spacial score (nSPS) is 11.0. The number of hydrazone groups is 1. The summed E-state index contributed by atoms with van der Waals surface area (Å²) < 4.78 is 1.31. The molecule has 1 amide bonds. The van der Waals surface area contributed by atoms with Crippen molar-refractivity contribution in [2.45, 2.75) is 19.0 Å². The predicted molar refractivity (Wildman–Crippen MR) is 101 cm³/mol. The van der Waals surface area contributed by atoms with Gasteiger partial charge in [0, 0.05) is 21.4 Å². The highest BCUT2D eigenvalue weighted by molar-refractivity contribution is 9.11. The van der Waals surface area contributed by atoms with Gasteiger partial charge in [-0.25, -0.2) is 15.4 Å². The van der Waals surface area contributed by atoms with Crippen molar-refractivity contribution in [3.05, 3.63) is 44.1 Å². The Kier molecular flexibility index (Phi) is 6.76. The standard InChI is InChI=1S/C15H14Br2N4O2S/c1-8-3-9(2)20-15(19-8)24-7-13(22)21-18-6-10-4-11(16)5-12(17)14(10)23/h3-6,23H,7H2,1-2H3,(H,21,22)/b18-6-. The van der Waals surface area contributed by atoms with Crippen molar-refractivity contribution in [1.29, 1.82) is 0 Å². The average Bonchev–Trinajstić information content (AvgIpc) is 2.49. The Morgan fingerprint density at radius 3 is 2.62 bits per heavy atom. The summed E-state index contributed by atoms with van der Waals surface area (Å²) in [6, 6.07) is 5.27. The number of aromatic nitrogens is 2. The third-order valence-corrected chi connectivity index (χ3v) is 4.65. The van der Waals surface area contributed by atoms with E-state index in [-0.39, 0.29) is 17.4 Å². The van der Waals surface area contributed by atoms with Crippen LogP contribution in [0.4, 0.5) is 0 Å². The number of benzene rings is 1. The van der Waals surface area contributed by atoms with Gasteiger partial charge in [-0.05, 0) is 48.0 Å². The van der Waals surface area contributed by atoms with Crippen LogP contribution in [-0.4, -0.2) is 32.9 Å². The van der Waals surface area contributed by atoms with Gasteiger partial charge in [-0.15, -0.1) is 0 Å². The molecule has 24 heavy (non-hydrogen) atoms. The summed E-state index contributed by atoms with van der Waals surface area (Å²) in [4.78, 5) is 20.3. The van der Waals surface area contributed by atoms with Crippen molar-refractivity contribution < 1.29 is 9.90 Å². The van der Waals surface area contributed by atoms with Crippen LogP contribution in [0.15, 0.2) is 37.4 Å². The largest absolute Gasteiger partial charge is 0.506 e.